The second-order valence-electron chi connectivity index (χ2n) is 6.10. The van der Waals surface area contributed by atoms with E-state index in [1.807, 2.05) is 25.4 Å². The van der Waals surface area contributed by atoms with Gasteiger partial charge in [-0.3, -0.25) is 4.98 Å². The maximum atomic E-state index is 5.45. The van der Waals surface area contributed by atoms with E-state index in [2.05, 4.69) is 10.3 Å². The molecule has 0 saturated heterocycles. The fourth-order valence-electron chi connectivity index (χ4n) is 4.17. The Morgan fingerprint density at radius 2 is 2.32 bits per heavy atom. The van der Waals surface area contributed by atoms with Crippen LogP contribution in [0.3, 0.4) is 0 Å². The SMILES string of the molecule is CNC(CC1CC2CCC1C2)c1ncccc1OC. The maximum absolute atomic E-state index is 5.45. The van der Waals surface area contributed by atoms with E-state index >= 15 is 0 Å². The molecule has 2 fully saturated rings. The Morgan fingerprint density at radius 1 is 1.42 bits per heavy atom. The van der Waals surface area contributed by atoms with Crippen LogP contribution in [-0.4, -0.2) is 19.1 Å². The Bertz CT molecular complexity index is 435. The standard InChI is InChI=1S/C16H24N2O/c1-17-14(16-15(19-2)4-3-7-18-16)10-13-9-11-5-6-12(13)8-11/h3-4,7,11-14,17H,5-6,8-10H2,1-2H3. The molecule has 4 unspecified atom stereocenters. The van der Waals surface area contributed by atoms with Crippen LogP contribution in [0.5, 0.6) is 5.75 Å². The van der Waals surface area contributed by atoms with Gasteiger partial charge in [-0.15, -0.1) is 0 Å². The van der Waals surface area contributed by atoms with Crippen LogP contribution in [-0.2, 0) is 0 Å². The van der Waals surface area contributed by atoms with E-state index in [-0.39, 0.29) is 0 Å². The molecule has 1 N–H and O–H groups in total. The molecule has 0 radical (unpaired) electrons. The fourth-order valence-corrected chi connectivity index (χ4v) is 4.17. The van der Waals surface area contributed by atoms with Gasteiger partial charge in [0.1, 0.15) is 5.75 Å². The van der Waals surface area contributed by atoms with Crippen molar-refractivity contribution in [3.8, 4) is 5.75 Å². The number of nitrogens with zero attached hydrogens (tertiary/aromatic N) is 1. The third-order valence-corrected chi connectivity index (χ3v) is 5.12. The highest BCUT2D eigenvalue weighted by Gasteiger charge is 2.40. The predicted molar refractivity (Wildman–Crippen MR) is 76.1 cm³/mol. The topological polar surface area (TPSA) is 34.2 Å². The van der Waals surface area contributed by atoms with Crippen molar-refractivity contribution in [2.45, 2.75) is 38.1 Å². The molecule has 0 amide bonds. The van der Waals surface area contributed by atoms with Gasteiger partial charge in [0.15, 0.2) is 0 Å². The minimum atomic E-state index is 0.320. The van der Waals surface area contributed by atoms with Crippen LogP contribution < -0.4 is 10.1 Å². The highest BCUT2D eigenvalue weighted by Crippen LogP contribution is 2.51. The van der Waals surface area contributed by atoms with Crippen LogP contribution in [0.15, 0.2) is 18.3 Å². The summed E-state index contributed by atoms with van der Waals surface area (Å²) in [4.78, 5) is 4.54. The van der Waals surface area contributed by atoms with Crippen molar-refractivity contribution in [2.75, 3.05) is 14.2 Å². The molecule has 1 aromatic heterocycles. The molecule has 0 aromatic carbocycles. The molecule has 4 atom stereocenters. The van der Waals surface area contributed by atoms with Crippen LogP contribution in [0.2, 0.25) is 0 Å². The molecule has 3 nitrogen and oxygen atoms in total. The van der Waals surface area contributed by atoms with E-state index in [0.717, 1.165) is 29.2 Å². The van der Waals surface area contributed by atoms with Crippen molar-refractivity contribution in [1.82, 2.24) is 10.3 Å². The number of ether oxygens (including phenoxy) is 1. The summed E-state index contributed by atoms with van der Waals surface area (Å²) in [6.45, 7) is 0. The smallest absolute Gasteiger partial charge is 0.141 e. The van der Waals surface area contributed by atoms with E-state index in [9.17, 15) is 0 Å². The lowest BCUT2D eigenvalue weighted by Gasteiger charge is -2.27. The number of methoxy groups -OCH3 is 1. The summed E-state index contributed by atoms with van der Waals surface area (Å²) in [5.41, 5.74) is 1.07. The van der Waals surface area contributed by atoms with Gasteiger partial charge in [-0.2, -0.15) is 0 Å². The number of rotatable bonds is 5. The maximum Gasteiger partial charge on any atom is 0.141 e. The van der Waals surface area contributed by atoms with Gasteiger partial charge in [0, 0.05) is 6.20 Å². The Hall–Kier alpha value is -1.09. The Labute approximate surface area is 115 Å². The van der Waals surface area contributed by atoms with Crippen molar-refractivity contribution in [3.05, 3.63) is 24.0 Å². The van der Waals surface area contributed by atoms with Crippen molar-refractivity contribution in [2.24, 2.45) is 17.8 Å². The van der Waals surface area contributed by atoms with Crippen molar-refractivity contribution >= 4 is 0 Å². The molecule has 2 aliphatic rings. The molecule has 2 saturated carbocycles. The first-order valence-electron chi connectivity index (χ1n) is 7.48. The summed E-state index contributed by atoms with van der Waals surface area (Å²) in [5.74, 6) is 3.77. The van der Waals surface area contributed by atoms with Gasteiger partial charge in [0.25, 0.3) is 0 Å². The van der Waals surface area contributed by atoms with Crippen LogP contribution in [0.1, 0.15) is 43.8 Å². The summed E-state index contributed by atoms with van der Waals surface area (Å²) in [6, 6.07) is 4.26. The Balaban J connectivity index is 1.73. The van der Waals surface area contributed by atoms with E-state index < -0.39 is 0 Å². The Morgan fingerprint density at radius 3 is 2.95 bits per heavy atom. The highest BCUT2D eigenvalue weighted by molar-refractivity contribution is 5.29. The first-order chi connectivity index (χ1) is 9.31. The first kappa shape index (κ1) is 12.9. The van der Waals surface area contributed by atoms with Crippen LogP contribution in [0.25, 0.3) is 0 Å². The highest BCUT2D eigenvalue weighted by atomic mass is 16.5. The van der Waals surface area contributed by atoms with Gasteiger partial charge in [-0.05, 0) is 62.6 Å². The minimum absolute atomic E-state index is 0.320. The van der Waals surface area contributed by atoms with E-state index in [0.29, 0.717) is 6.04 Å². The average molecular weight is 260 g/mol. The summed E-state index contributed by atoms with van der Waals surface area (Å²) in [6.07, 6.45) is 8.88. The molecular formula is C16H24N2O. The first-order valence-corrected chi connectivity index (χ1v) is 7.48. The van der Waals surface area contributed by atoms with Gasteiger partial charge in [0.2, 0.25) is 0 Å². The normalized spacial score (nSPS) is 30.5. The predicted octanol–water partition coefficient (Wildman–Crippen LogP) is 3.18. The molecule has 19 heavy (non-hydrogen) atoms. The van der Waals surface area contributed by atoms with Gasteiger partial charge in [-0.25, -0.2) is 0 Å². The number of hydrogen-bond donors (Lipinski definition) is 1. The van der Waals surface area contributed by atoms with E-state index in [1.165, 1.54) is 32.1 Å². The zero-order valence-electron chi connectivity index (χ0n) is 11.9. The number of fused-ring (bicyclic) bond motifs is 2. The molecule has 104 valence electrons. The number of nitrogens with one attached hydrogen (secondary N) is 1. The van der Waals surface area contributed by atoms with Crippen LogP contribution >= 0.6 is 0 Å². The third-order valence-electron chi connectivity index (χ3n) is 5.12. The Kier molecular flexibility index (Phi) is 3.74. The minimum Gasteiger partial charge on any atom is -0.495 e. The number of hydrogen-bond acceptors (Lipinski definition) is 3. The number of pyridine rings is 1. The summed E-state index contributed by atoms with van der Waals surface area (Å²) in [7, 11) is 3.76. The molecule has 1 aromatic rings. The van der Waals surface area contributed by atoms with Crippen molar-refractivity contribution < 1.29 is 4.74 Å². The molecular weight excluding hydrogens is 236 g/mol. The molecule has 0 spiro atoms. The van der Waals surface area contributed by atoms with Gasteiger partial charge in [-0.1, -0.05) is 6.42 Å². The second kappa shape index (κ2) is 5.49. The quantitative estimate of drug-likeness (QED) is 0.883. The van der Waals surface area contributed by atoms with Gasteiger partial charge >= 0.3 is 0 Å². The molecule has 2 bridgehead atoms. The molecule has 0 aliphatic heterocycles. The van der Waals surface area contributed by atoms with Crippen LogP contribution in [0.4, 0.5) is 0 Å². The molecule has 1 heterocycles. The van der Waals surface area contributed by atoms with Gasteiger partial charge < -0.3 is 10.1 Å². The van der Waals surface area contributed by atoms with Crippen molar-refractivity contribution in [1.29, 1.82) is 0 Å². The summed E-state index contributed by atoms with van der Waals surface area (Å²) in [5, 5.41) is 3.44. The lowest BCUT2D eigenvalue weighted by molar-refractivity contribution is 0.278. The third kappa shape index (κ3) is 2.48. The average Bonchev–Trinajstić information content (AvgIpc) is 3.07. The largest absolute Gasteiger partial charge is 0.495 e. The lowest BCUT2D eigenvalue weighted by atomic mass is 9.83. The molecule has 2 aliphatic carbocycles. The zero-order chi connectivity index (χ0) is 13.2. The number of aromatic nitrogens is 1. The lowest BCUT2D eigenvalue weighted by Crippen LogP contribution is -2.24. The summed E-state index contributed by atoms with van der Waals surface area (Å²) < 4.78 is 5.45. The summed E-state index contributed by atoms with van der Waals surface area (Å²) >= 11 is 0. The zero-order valence-corrected chi connectivity index (χ0v) is 11.9. The van der Waals surface area contributed by atoms with E-state index in [4.69, 9.17) is 4.74 Å². The molecule has 3 rings (SSSR count). The second-order valence-corrected chi connectivity index (χ2v) is 6.10. The van der Waals surface area contributed by atoms with E-state index in [1.54, 1.807) is 7.11 Å². The monoisotopic (exact) mass is 260 g/mol. The van der Waals surface area contributed by atoms with Crippen LogP contribution in [0, 0.1) is 17.8 Å². The molecule has 3 heteroatoms. The van der Waals surface area contributed by atoms with Crippen molar-refractivity contribution in [3.63, 3.8) is 0 Å². The van der Waals surface area contributed by atoms with Gasteiger partial charge in [0.05, 0.1) is 18.8 Å². The fraction of sp³-hybridized carbons (Fsp3) is 0.688.